The van der Waals surface area contributed by atoms with E-state index < -0.39 is 0 Å². The van der Waals surface area contributed by atoms with Gasteiger partial charge < -0.3 is 5.73 Å². The second-order valence-electron chi connectivity index (χ2n) is 9.95. The van der Waals surface area contributed by atoms with E-state index in [0.717, 1.165) is 33.8 Å². The third kappa shape index (κ3) is 4.44. The Morgan fingerprint density at radius 3 is 1.30 bits per heavy atom. The van der Waals surface area contributed by atoms with Gasteiger partial charge in [0.15, 0.2) is 0 Å². The monoisotopic (exact) mass is 513 g/mol. The Kier molecular flexibility index (Phi) is 5.95. The molecule has 2 N–H and O–H groups in total. The summed E-state index contributed by atoms with van der Waals surface area (Å²) in [5.41, 5.74) is 18.0. The molecular weight excluding hydrogens is 486 g/mol. The molecule has 0 atom stereocenters. The van der Waals surface area contributed by atoms with Gasteiger partial charge in [0.1, 0.15) is 5.82 Å². The largest absolute Gasteiger partial charge is 0.399 e. The third-order valence-corrected chi connectivity index (χ3v) is 7.40. The van der Waals surface area contributed by atoms with Crippen molar-refractivity contribution in [2.24, 2.45) is 0 Å². The van der Waals surface area contributed by atoms with Gasteiger partial charge in [0.2, 0.25) is 0 Å². The Bertz CT molecular complexity index is 1900. The van der Waals surface area contributed by atoms with E-state index in [1.54, 1.807) is 0 Å². The van der Waals surface area contributed by atoms with Gasteiger partial charge in [-0.05, 0) is 69.8 Å². The molecule has 0 bridgehead atoms. The molecule has 3 nitrogen and oxygen atoms in total. The van der Waals surface area contributed by atoms with Crippen molar-refractivity contribution < 1.29 is 0 Å². The standard InChI is InChI=1S/C37H27N3/c38-33-24-22-31(23-25-33)29-16-14-27(15-17-29)26-10-12-28(13-11-26)30-18-20-32(21-19-30)37-39-35-8-4-5-9-36(35)40(37)34-6-2-1-3-7-34/h1-25H,38H2. The lowest BCUT2D eigenvalue weighted by Crippen LogP contribution is -1.97. The van der Waals surface area contributed by atoms with E-state index in [-0.39, 0.29) is 0 Å². The molecule has 7 aromatic rings. The van der Waals surface area contributed by atoms with Crippen LogP contribution in [0.4, 0.5) is 5.69 Å². The number of hydrogen-bond acceptors (Lipinski definition) is 2. The number of nitrogen functional groups attached to an aromatic ring is 1. The first-order valence-electron chi connectivity index (χ1n) is 13.4. The Hall–Kier alpha value is -5.41. The van der Waals surface area contributed by atoms with Crippen LogP contribution in [0, 0.1) is 0 Å². The molecule has 0 radical (unpaired) electrons. The van der Waals surface area contributed by atoms with Crippen molar-refractivity contribution in [1.82, 2.24) is 9.55 Å². The molecule has 0 aliphatic heterocycles. The number of hydrogen-bond donors (Lipinski definition) is 1. The molecule has 0 amide bonds. The number of fused-ring (bicyclic) bond motifs is 1. The van der Waals surface area contributed by atoms with E-state index in [0.29, 0.717) is 0 Å². The maximum Gasteiger partial charge on any atom is 0.145 e. The molecule has 0 aliphatic carbocycles. The summed E-state index contributed by atoms with van der Waals surface area (Å²) < 4.78 is 2.23. The summed E-state index contributed by atoms with van der Waals surface area (Å²) in [5.74, 6) is 0.941. The van der Waals surface area contributed by atoms with Crippen molar-refractivity contribution >= 4 is 16.7 Å². The van der Waals surface area contributed by atoms with Gasteiger partial charge in [-0.15, -0.1) is 0 Å². The van der Waals surface area contributed by atoms with Crippen molar-refractivity contribution in [2.75, 3.05) is 5.73 Å². The smallest absolute Gasteiger partial charge is 0.145 e. The summed E-state index contributed by atoms with van der Waals surface area (Å²) in [4.78, 5) is 4.99. The fourth-order valence-corrected chi connectivity index (χ4v) is 5.26. The van der Waals surface area contributed by atoms with Gasteiger partial charge in [0.05, 0.1) is 11.0 Å². The SMILES string of the molecule is Nc1ccc(-c2ccc(-c3ccc(-c4ccc(-c5nc6ccccc6n5-c5ccccc5)cc4)cc3)cc2)cc1. The lowest BCUT2D eigenvalue weighted by Gasteiger charge is -2.10. The first-order valence-corrected chi connectivity index (χ1v) is 13.4. The van der Waals surface area contributed by atoms with Crippen molar-refractivity contribution in [3.8, 4) is 50.5 Å². The predicted molar refractivity (Wildman–Crippen MR) is 167 cm³/mol. The van der Waals surface area contributed by atoms with Crippen molar-refractivity contribution in [1.29, 1.82) is 0 Å². The van der Waals surface area contributed by atoms with Crippen LogP contribution in [-0.4, -0.2) is 9.55 Å². The van der Waals surface area contributed by atoms with E-state index in [1.807, 2.05) is 24.3 Å². The van der Waals surface area contributed by atoms with Crippen LogP contribution in [0.2, 0.25) is 0 Å². The number of para-hydroxylation sites is 3. The minimum atomic E-state index is 0.780. The zero-order chi connectivity index (χ0) is 26.9. The molecule has 0 spiro atoms. The first kappa shape index (κ1) is 23.7. The van der Waals surface area contributed by atoms with Gasteiger partial charge >= 0.3 is 0 Å². The van der Waals surface area contributed by atoms with Crippen molar-refractivity contribution in [2.45, 2.75) is 0 Å². The van der Waals surface area contributed by atoms with Gasteiger partial charge in [-0.3, -0.25) is 4.57 Å². The van der Waals surface area contributed by atoms with Crippen molar-refractivity contribution in [3.63, 3.8) is 0 Å². The molecule has 3 heteroatoms. The molecule has 40 heavy (non-hydrogen) atoms. The minimum absolute atomic E-state index is 0.780. The molecule has 7 rings (SSSR count). The molecule has 1 aromatic heterocycles. The van der Waals surface area contributed by atoms with Crippen LogP contribution in [0.1, 0.15) is 0 Å². The van der Waals surface area contributed by atoms with Crippen LogP contribution in [0.25, 0.3) is 61.5 Å². The third-order valence-electron chi connectivity index (χ3n) is 7.40. The quantitative estimate of drug-likeness (QED) is 0.233. The Labute approximate surface area is 233 Å². The summed E-state index contributed by atoms with van der Waals surface area (Å²) >= 11 is 0. The summed E-state index contributed by atoms with van der Waals surface area (Å²) in [6.45, 7) is 0. The second-order valence-corrected chi connectivity index (χ2v) is 9.95. The highest BCUT2D eigenvalue weighted by Crippen LogP contribution is 2.32. The van der Waals surface area contributed by atoms with Gasteiger partial charge in [-0.1, -0.05) is 115 Å². The number of nitrogens with two attached hydrogens (primary N) is 1. The van der Waals surface area contributed by atoms with E-state index in [1.165, 1.54) is 33.4 Å². The van der Waals surface area contributed by atoms with Crippen LogP contribution >= 0.6 is 0 Å². The number of anilines is 1. The van der Waals surface area contributed by atoms with Crippen LogP contribution in [0.3, 0.4) is 0 Å². The number of benzene rings is 6. The molecule has 0 unspecified atom stereocenters. The van der Waals surface area contributed by atoms with Crippen LogP contribution in [-0.2, 0) is 0 Å². The predicted octanol–water partition coefficient (Wildman–Crippen LogP) is 9.28. The number of rotatable bonds is 5. The van der Waals surface area contributed by atoms with E-state index >= 15 is 0 Å². The lowest BCUT2D eigenvalue weighted by molar-refractivity contribution is 1.10. The highest BCUT2D eigenvalue weighted by Gasteiger charge is 2.14. The molecule has 1 heterocycles. The number of nitrogens with zero attached hydrogens (tertiary/aromatic N) is 2. The molecule has 0 fully saturated rings. The van der Waals surface area contributed by atoms with Crippen LogP contribution < -0.4 is 5.73 Å². The minimum Gasteiger partial charge on any atom is -0.399 e. The zero-order valence-corrected chi connectivity index (χ0v) is 21.9. The van der Waals surface area contributed by atoms with Crippen LogP contribution in [0.15, 0.2) is 152 Å². The summed E-state index contributed by atoms with van der Waals surface area (Å²) in [6.07, 6.45) is 0. The van der Waals surface area contributed by atoms with Gasteiger partial charge in [0, 0.05) is 16.9 Å². The summed E-state index contributed by atoms with van der Waals surface area (Å²) in [5, 5.41) is 0. The van der Waals surface area contributed by atoms with Crippen LogP contribution in [0.5, 0.6) is 0 Å². The molecular formula is C37H27N3. The normalized spacial score (nSPS) is 11.1. The topological polar surface area (TPSA) is 43.8 Å². The number of aromatic nitrogens is 2. The molecule has 0 saturated carbocycles. The van der Waals surface area contributed by atoms with Gasteiger partial charge in [-0.2, -0.15) is 0 Å². The van der Waals surface area contributed by atoms with E-state index in [9.17, 15) is 0 Å². The lowest BCUT2D eigenvalue weighted by atomic mass is 9.97. The average Bonchev–Trinajstić information content (AvgIpc) is 3.42. The van der Waals surface area contributed by atoms with Gasteiger partial charge in [0.25, 0.3) is 0 Å². The van der Waals surface area contributed by atoms with Gasteiger partial charge in [-0.25, -0.2) is 4.98 Å². The first-order chi connectivity index (χ1) is 19.7. The maximum absolute atomic E-state index is 5.83. The zero-order valence-electron chi connectivity index (χ0n) is 21.9. The maximum atomic E-state index is 5.83. The van der Waals surface area contributed by atoms with E-state index in [4.69, 9.17) is 10.7 Å². The van der Waals surface area contributed by atoms with E-state index in [2.05, 4.69) is 132 Å². The Morgan fingerprint density at radius 1 is 0.400 bits per heavy atom. The highest BCUT2D eigenvalue weighted by molar-refractivity contribution is 5.84. The molecule has 6 aromatic carbocycles. The molecule has 190 valence electrons. The fraction of sp³-hybridized carbons (Fsp3) is 0. The second kappa shape index (κ2) is 10.0. The number of imidazole rings is 1. The summed E-state index contributed by atoms with van der Waals surface area (Å²) in [6, 6.07) is 52.8. The fourth-order valence-electron chi connectivity index (χ4n) is 5.26. The molecule has 0 aliphatic rings. The Balaban J connectivity index is 1.15. The highest BCUT2D eigenvalue weighted by atomic mass is 15.1. The van der Waals surface area contributed by atoms with Crippen molar-refractivity contribution in [3.05, 3.63) is 152 Å². The average molecular weight is 514 g/mol. The summed E-state index contributed by atoms with van der Waals surface area (Å²) in [7, 11) is 0. The molecule has 0 saturated heterocycles. The Morgan fingerprint density at radius 2 is 0.800 bits per heavy atom.